The fourth-order valence-corrected chi connectivity index (χ4v) is 2.59. The van der Waals surface area contributed by atoms with Gasteiger partial charge in [-0.3, -0.25) is 0 Å². The van der Waals surface area contributed by atoms with Crippen molar-refractivity contribution in [3.05, 3.63) is 71.3 Å². The van der Waals surface area contributed by atoms with Crippen LogP contribution >= 0.6 is 0 Å². The maximum atomic E-state index is 9.46. The molecule has 0 aliphatic carbocycles. The Morgan fingerprint density at radius 2 is 1.65 bits per heavy atom. The van der Waals surface area contributed by atoms with Crippen LogP contribution in [0.4, 0.5) is 5.82 Å². The molecule has 112 valence electrons. The first kappa shape index (κ1) is 14.8. The number of aryl methyl sites for hydroxylation is 2. The van der Waals surface area contributed by atoms with Crippen molar-refractivity contribution in [2.75, 3.05) is 5.73 Å². The number of benzene rings is 2. The van der Waals surface area contributed by atoms with Crippen molar-refractivity contribution in [2.24, 2.45) is 0 Å². The van der Waals surface area contributed by atoms with Crippen molar-refractivity contribution >= 4 is 5.82 Å². The van der Waals surface area contributed by atoms with Gasteiger partial charge >= 0.3 is 0 Å². The topological polar surface area (TPSA) is 62.7 Å². The third kappa shape index (κ3) is 2.93. The fraction of sp³-hybridized carbons (Fsp3) is 0.100. The van der Waals surface area contributed by atoms with Gasteiger partial charge in [0.05, 0.1) is 5.69 Å². The van der Waals surface area contributed by atoms with Crippen LogP contribution in [0.2, 0.25) is 0 Å². The van der Waals surface area contributed by atoms with Crippen molar-refractivity contribution in [2.45, 2.75) is 13.8 Å². The van der Waals surface area contributed by atoms with Crippen LogP contribution < -0.4 is 5.73 Å². The highest BCUT2D eigenvalue weighted by molar-refractivity contribution is 5.80. The Morgan fingerprint density at radius 1 is 0.913 bits per heavy atom. The molecule has 0 atom stereocenters. The number of pyridine rings is 1. The van der Waals surface area contributed by atoms with E-state index < -0.39 is 0 Å². The number of hydrogen-bond donors (Lipinski definition) is 1. The van der Waals surface area contributed by atoms with Gasteiger partial charge in [-0.15, -0.1) is 0 Å². The minimum absolute atomic E-state index is 0.266. The predicted molar refractivity (Wildman–Crippen MR) is 93.7 cm³/mol. The summed E-state index contributed by atoms with van der Waals surface area (Å²) in [5.41, 5.74) is 12.3. The molecule has 0 aliphatic rings. The lowest BCUT2D eigenvalue weighted by Crippen LogP contribution is -2.00. The molecule has 1 heterocycles. The van der Waals surface area contributed by atoms with E-state index in [1.165, 1.54) is 5.56 Å². The lowest BCUT2D eigenvalue weighted by Gasteiger charge is -2.11. The standard InChI is InChI=1S/C20H17N3/c1-13-6-8-15(9-7-13)19-11-17(18(12-21)20(22)23-19)16-5-3-4-14(2)10-16/h3-11H,1-2H3,(H2,22,23). The van der Waals surface area contributed by atoms with E-state index in [-0.39, 0.29) is 5.82 Å². The Kier molecular flexibility index (Phi) is 3.82. The second-order valence-electron chi connectivity index (χ2n) is 5.66. The molecule has 3 rings (SSSR count). The molecule has 2 aromatic carbocycles. The molecule has 0 saturated heterocycles. The van der Waals surface area contributed by atoms with Crippen LogP contribution in [0.15, 0.2) is 54.6 Å². The van der Waals surface area contributed by atoms with E-state index in [9.17, 15) is 5.26 Å². The normalized spacial score (nSPS) is 10.3. The smallest absolute Gasteiger partial charge is 0.142 e. The summed E-state index contributed by atoms with van der Waals surface area (Å²) in [6.45, 7) is 4.07. The molecule has 0 aliphatic heterocycles. The third-order valence-corrected chi connectivity index (χ3v) is 3.84. The largest absolute Gasteiger partial charge is 0.383 e. The molecule has 23 heavy (non-hydrogen) atoms. The zero-order valence-electron chi connectivity index (χ0n) is 13.2. The first-order valence-corrected chi connectivity index (χ1v) is 7.43. The molecule has 3 nitrogen and oxygen atoms in total. The van der Waals surface area contributed by atoms with Crippen LogP contribution in [0.25, 0.3) is 22.4 Å². The first-order valence-electron chi connectivity index (χ1n) is 7.43. The summed E-state index contributed by atoms with van der Waals surface area (Å²) in [7, 11) is 0. The molecular formula is C20H17N3. The van der Waals surface area contributed by atoms with Crippen LogP contribution in [0.3, 0.4) is 0 Å². The SMILES string of the molecule is Cc1ccc(-c2cc(-c3cccc(C)c3)c(C#N)c(N)n2)cc1. The van der Waals surface area contributed by atoms with Gasteiger partial charge in [0.15, 0.2) is 0 Å². The van der Waals surface area contributed by atoms with Crippen molar-refractivity contribution in [3.8, 4) is 28.5 Å². The van der Waals surface area contributed by atoms with E-state index in [1.54, 1.807) is 0 Å². The molecular weight excluding hydrogens is 282 g/mol. The Bertz CT molecular complexity index is 903. The highest BCUT2D eigenvalue weighted by Crippen LogP contribution is 2.31. The molecule has 3 aromatic rings. The van der Waals surface area contributed by atoms with Crippen LogP contribution in [0, 0.1) is 25.2 Å². The van der Waals surface area contributed by atoms with Crippen LogP contribution in [-0.4, -0.2) is 4.98 Å². The summed E-state index contributed by atoms with van der Waals surface area (Å²) < 4.78 is 0. The van der Waals surface area contributed by atoms with Gasteiger partial charge in [-0.1, -0.05) is 59.7 Å². The van der Waals surface area contributed by atoms with Crippen LogP contribution in [0.1, 0.15) is 16.7 Å². The van der Waals surface area contributed by atoms with Crippen molar-refractivity contribution in [1.29, 1.82) is 5.26 Å². The Labute approximate surface area is 136 Å². The maximum absolute atomic E-state index is 9.46. The molecule has 0 saturated carbocycles. The van der Waals surface area contributed by atoms with E-state index in [0.29, 0.717) is 5.56 Å². The van der Waals surface area contributed by atoms with Gasteiger partial charge in [0.1, 0.15) is 17.5 Å². The summed E-state index contributed by atoms with van der Waals surface area (Å²) in [5.74, 6) is 0.266. The van der Waals surface area contributed by atoms with E-state index in [4.69, 9.17) is 5.73 Å². The number of aromatic nitrogens is 1. The quantitative estimate of drug-likeness (QED) is 0.758. The van der Waals surface area contributed by atoms with Crippen LogP contribution in [-0.2, 0) is 0 Å². The lowest BCUT2D eigenvalue weighted by molar-refractivity contribution is 1.30. The van der Waals surface area contributed by atoms with E-state index in [0.717, 1.165) is 27.9 Å². The summed E-state index contributed by atoms with van der Waals surface area (Å²) in [5, 5.41) is 9.46. The van der Waals surface area contributed by atoms with Gasteiger partial charge in [0.25, 0.3) is 0 Å². The van der Waals surface area contributed by atoms with Gasteiger partial charge in [0, 0.05) is 11.1 Å². The predicted octanol–water partition coefficient (Wildman–Crippen LogP) is 4.49. The summed E-state index contributed by atoms with van der Waals surface area (Å²) in [6, 6.07) is 20.3. The van der Waals surface area contributed by atoms with Crippen LogP contribution in [0.5, 0.6) is 0 Å². The summed E-state index contributed by atoms with van der Waals surface area (Å²) in [4.78, 5) is 4.41. The molecule has 1 aromatic heterocycles. The molecule has 0 radical (unpaired) electrons. The average molecular weight is 299 g/mol. The van der Waals surface area contributed by atoms with E-state index in [1.807, 2.05) is 62.4 Å². The first-order chi connectivity index (χ1) is 11.1. The van der Waals surface area contributed by atoms with E-state index >= 15 is 0 Å². The third-order valence-electron chi connectivity index (χ3n) is 3.84. The van der Waals surface area contributed by atoms with Gasteiger partial charge < -0.3 is 5.73 Å². The van der Waals surface area contributed by atoms with Crippen molar-refractivity contribution in [1.82, 2.24) is 4.98 Å². The number of rotatable bonds is 2. The Morgan fingerprint density at radius 3 is 2.30 bits per heavy atom. The van der Waals surface area contributed by atoms with Crippen molar-refractivity contribution < 1.29 is 0 Å². The molecule has 0 unspecified atom stereocenters. The highest BCUT2D eigenvalue weighted by Gasteiger charge is 2.13. The van der Waals surface area contributed by atoms with Gasteiger partial charge in [-0.2, -0.15) is 5.26 Å². The Balaban J connectivity index is 2.22. The second-order valence-corrected chi connectivity index (χ2v) is 5.66. The molecule has 0 bridgehead atoms. The number of nitrogens with zero attached hydrogens (tertiary/aromatic N) is 2. The summed E-state index contributed by atoms with van der Waals surface area (Å²) in [6.07, 6.45) is 0. The van der Waals surface area contributed by atoms with Crippen molar-refractivity contribution in [3.63, 3.8) is 0 Å². The number of anilines is 1. The molecule has 0 amide bonds. The van der Waals surface area contributed by atoms with Gasteiger partial charge in [0.2, 0.25) is 0 Å². The minimum atomic E-state index is 0.266. The molecule has 0 spiro atoms. The monoisotopic (exact) mass is 299 g/mol. The van der Waals surface area contributed by atoms with E-state index in [2.05, 4.69) is 17.1 Å². The number of nitrogen functional groups attached to an aromatic ring is 1. The number of nitrogens with two attached hydrogens (primary N) is 1. The zero-order chi connectivity index (χ0) is 16.4. The second kappa shape index (κ2) is 5.94. The average Bonchev–Trinajstić information content (AvgIpc) is 2.55. The zero-order valence-corrected chi connectivity index (χ0v) is 13.2. The Hall–Kier alpha value is -3.12. The summed E-state index contributed by atoms with van der Waals surface area (Å²) >= 11 is 0. The van der Waals surface area contributed by atoms with Gasteiger partial charge in [-0.05, 0) is 25.5 Å². The molecule has 2 N–H and O–H groups in total. The fourth-order valence-electron chi connectivity index (χ4n) is 2.59. The number of hydrogen-bond acceptors (Lipinski definition) is 3. The van der Waals surface area contributed by atoms with Gasteiger partial charge in [-0.25, -0.2) is 4.98 Å². The number of nitriles is 1. The highest BCUT2D eigenvalue weighted by atomic mass is 14.8. The molecule has 0 fully saturated rings. The minimum Gasteiger partial charge on any atom is -0.383 e. The maximum Gasteiger partial charge on any atom is 0.142 e. The molecule has 3 heteroatoms. The lowest BCUT2D eigenvalue weighted by atomic mass is 9.97.